The van der Waals surface area contributed by atoms with E-state index in [4.69, 9.17) is 14.2 Å². The molecule has 0 saturated carbocycles. The highest BCUT2D eigenvalue weighted by Crippen LogP contribution is 2.34. The molecule has 0 radical (unpaired) electrons. The van der Waals surface area contributed by atoms with Crippen molar-refractivity contribution in [3.8, 4) is 0 Å². The molecule has 2 heterocycles. The molecule has 2 fully saturated rings. The zero-order valence-electron chi connectivity index (χ0n) is 7.64. The van der Waals surface area contributed by atoms with Crippen molar-refractivity contribution in [1.29, 1.82) is 0 Å². The van der Waals surface area contributed by atoms with Gasteiger partial charge in [-0.1, -0.05) is 0 Å². The van der Waals surface area contributed by atoms with Crippen molar-refractivity contribution in [1.82, 2.24) is 0 Å². The second-order valence-corrected chi connectivity index (χ2v) is 3.86. The molecule has 0 aliphatic carbocycles. The first-order valence-electron chi connectivity index (χ1n) is 4.33. The van der Waals surface area contributed by atoms with Gasteiger partial charge in [-0.05, 0) is 13.8 Å². The summed E-state index contributed by atoms with van der Waals surface area (Å²) in [5.74, 6) is -0.759. The molecule has 76 valence electrons. The monoisotopic (exact) mass is 190 g/mol. The topological polar surface area (TPSA) is 68.2 Å². The average Bonchev–Trinajstić information content (AvgIpc) is 2.35. The molecule has 0 bridgehead atoms. The van der Waals surface area contributed by atoms with Crippen molar-refractivity contribution in [3.63, 3.8) is 0 Å². The summed E-state index contributed by atoms with van der Waals surface area (Å²) >= 11 is 0. The van der Waals surface area contributed by atoms with Crippen molar-refractivity contribution in [2.45, 2.75) is 44.2 Å². The van der Waals surface area contributed by atoms with Gasteiger partial charge in [0.1, 0.15) is 18.3 Å². The average molecular weight is 190 g/mol. The van der Waals surface area contributed by atoms with Crippen LogP contribution in [0, 0.1) is 0 Å². The fourth-order valence-corrected chi connectivity index (χ4v) is 1.72. The summed E-state index contributed by atoms with van der Waals surface area (Å²) in [6, 6.07) is 0. The number of aliphatic hydroxyl groups is 2. The van der Waals surface area contributed by atoms with Gasteiger partial charge in [-0.25, -0.2) is 0 Å². The van der Waals surface area contributed by atoms with E-state index in [0.717, 1.165) is 0 Å². The third-order valence-corrected chi connectivity index (χ3v) is 2.26. The lowest BCUT2D eigenvalue weighted by atomic mass is 10.1. The first-order chi connectivity index (χ1) is 5.99. The Morgan fingerprint density at radius 2 is 1.77 bits per heavy atom. The Labute approximate surface area is 76.2 Å². The predicted molar refractivity (Wildman–Crippen MR) is 41.8 cm³/mol. The minimum Gasteiger partial charge on any atom is -0.388 e. The van der Waals surface area contributed by atoms with Gasteiger partial charge in [0.25, 0.3) is 0 Å². The van der Waals surface area contributed by atoms with E-state index in [1.165, 1.54) is 0 Å². The van der Waals surface area contributed by atoms with E-state index in [2.05, 4.69) is 0 Å². The maximum Gasteiger partial charge on any atom is 0.184 e. The molecule has 2 rings (SSSR count). The molecule has 13 heavy (non-hydrogen) atoms. The molecular formula is C8H14O5. The molecule has 5 heteroatoms. The fraction of sp³-hybridized carbons (Fsp3) is 1.00. The summed E-state index contributed by atoms with van der Waals surface area (Å²) in [6.45, 7) is 3.57. The zero-order valence-corrected chi connectivity index (χ0v) is 7.64. The van der Waals surface area contributed by atoms with E-state index >= 15 is 0 Å². The van der Waals surface area contributed by atoms with E-state index in [-0.39, 0.29) is 6.61 Å². The molecule has 2 saturated heterocycles. The SMILES string of the molecule is CC1(C)O[C@@H]2[C@H](O1)[C@H](O)OC[C@@H]2O. The van der Waals surface area contributed by atoms with Crippen LogP contribution in [0.1, 0.15) is 13.8 Å². The van der Waals surface area contributed by atoms with Gasteiger partial charge < -0.3 is 24.4 Å². The third kappa shape index (κ3) is 1.58. The smallest absolute Gasteiger partial charge is 0.184 e. The molecule has 0 unspecified atom stereocenters. The second kappa shape index (κ2) is 2.90. The minimum absolute atomic E-state index is 0.0851. The van der Waals surface area contributed by atoms with Crippen molar-refractivity contribution >= 4 is 0 Å². The first-order valence-corrected chi connectivity index (χ1v) is 4.33. The van der Waals surface area contributed by atoms with E-state index in [1.807, 2.05) is 0 Å². The Morgan fingerprint density at radius 3 is 2.38 bits per heavy atom. The van der Waals surface area contributed by atoms with Crippen molar-refractivity contribution in [2.75, 3.05) is 6.61 Å². The molecule has 4 atom stereocenters. The van der Waals surface area contributed by atoms with Gasteiger partial charge in [0.05, 0.1) is 6.61 Å². The fourth-order valence-electron chi connectivity index (χ4n) is 1.72. The number of ether oxygens (including phenoxy) is 3. The van der Waals surface area contributed by atoms with E-state index in [9.17, 15) is 10.2 Å². The van der Waals surface area contributed by atoms with Crippen LogP contribution in [0.15, 0.2) is 0 Å². The lowest BCUT2D eigenvalue weighted by molar-refractivity contribution is -0.225. The van der Waals surface area contributed by atoms with E-state index < -0.39 is 30.4 Å². The number of rotatable bonds is 0. The standard InChI is InChI=1S/C8H14O5/c1-8(2)12-5-4(9)3-11-7(10)6(5)13-8/h4-7,9-10H,3H2,1-2H3/t4-,5-,6-,7+/m0/s1. The van der Waals surface area contributed by atoms with Gasteiger partial charge in [-0.15, -0.1) is 0 Å². The van der Waals surface area contributed by atoms with Crippen LogP contribution in [0.3, 0.4) is 0 Å². The lowest BCUT2D eigenvalue weighted by Gasteiger charge is -2.31. The summed E-state index contributed by atoms with van der Waals surface area (Å²) in [5, 5.41) is 18.9. The summed E-state index contributed by atoms with van der Waals surface area (Å²) in [6.07, 6.45) is -2.80. The molecule has 0 aromatic rings. The van der Waals surface area contributed by atoms with Gasteiger partial charge in [-0.2, -0.15) is 0 Å². The van der Waals surface area contributed by atoms with Crippen LogP contribution in [-0.4, -0.2) is 47.2 Å². The highest BCUT2D eigenvalue weighted by atomic mass is 16.8. The maximum atomic E-state index is 9.49. The molecular weight excluding hydrogens is 176 g/mol. The van der Waals surface area contributed by atoms with Gasteiger partial charge in [-0.3, -0.25) is 0 Å². The number of hydrogen-bond acceptors (Lipinski definition) is 5. The Balaban J connectivity index is 2.14. The van der Waals surface area contributed by atoms with E-state index in [0.29, 0.717) is 0 Å². The Bertz CT molecular complexity index is 185. The van der Waals surface area contributed by atoms with Crippen molar-refractivity contribution in [3.05, 3.63) is 0 Å². The predicted octanol–water partition coefficient (Wildman–Crippen LogP) is -0.784. The van der Waals surface area contributed by atoms with Gasteiger partial charge in [0.15, 0.2) is 12.1 Å². The second-order valence-electron chi connectivity index (χ2n) is 3.86. The van der Waals surface area contributed by atoms with Crippen LogP contribution in [0.4, 0.5) is 0 Å². The van der Waals surface area contributed by atoms with Crippen LogP contribution in [0.2, 0.25) is 0 Å². The molecule has 2 N–H and O–H groups in total. The van der Waals surface area contributed by atoms with Crippen LogP contribution < -0.4 is 0 Å². The Kier molecular flexibility index (Phi) is 2.08. The molecule has 0 aromatic carbocycles. The molecule has 0 spiro atoms. The van der Waals surface area contributed by atoms with Crippen LogP contribution in [-0.2, 0) is 14.2 Å². The molecule has 0 aromatic heterocycles. The molecule has 2 aliphatic rings. The van der Waals surface area contributed by atoms with Crippen LogP contribution in [0.5, 0.6) is 0 Å². The lowest BCUT2D eigenvalue weighted by Crippen LogP contribution is -2.51. The molecule has 2 aliphatic heterocycles. The number of hydrogen-bond donors (Lipinski definition) is 2. The normalized spacial score (nSPS) is 48.9. The molecule has 0 amide bonds. The highest BCUT2D eigenvalue weighted by Gasteiger charge is 2.51. The summed E-state index contributed by atoms with van der Waals surface area (Å²) < 4.78 is 15.7. The third-order valence-electron chi connectivity index (χ3n) is 2.26. The maximum absolute atomic E-state index is 9.49. The first kappa shape index (κ1) is 9.36. The van der Waals surface area contributed by atoms with Gasteiger partial charge >= 0.3 is 0 Å². The highest BCUT2D eigenvalue weighted by molar-refractivity contribution is 4.91. The Morgan fingerprint density at radius 1 is 1.15 bits per heavy atom. The zero-order chi connectivity index (χ0) is 9.64. The minimum atomic E-state index is -1.00. The summed E-state index contributed by atoms with van der Waals surface area (Å²) in [7, 11) is 0. The largest absolute Gasteiger partial charge is 0.388 e. The van der Waals surface area contributed by atoms with Crippen molar-refractivity contribution in [2.24, 2.45) is 0 Å². The summed E-state index contributed by atoms with van der Waals surface area (Å²) in [5.41, 5.74) is 0. The van der Waals surface area contributed by atoms with Gasteiger partial charge in [0, 0.05) is 0 Å². The molecule has 5 nitrogen and oxygen atoms in total. The number of aliphatic hydroxyl groups excluding tert-OH is 2. The van der Waals surface area contributed by atoms with Crippen LogP contribution >= 0.6 is 0 Å². The quantitative estimate of drug-likeness (QED) is 0.524. The summed E-state index contributed by atoms with van der Waals surface area (Å²) in [4.78, 5) is 0. The van der Waals surface area contributed by atoms with E-state index in [1.54, 1.807) is 13.8 Å². The van der Waals surface area contributed by atoms with Crippen molar-refractivity contribution < 1.29 is 24.4 Å². The Hall–Kier alpha value is -0.200. The van der Waals surface area contributed by atoms with Gasteiger partial charge in [0.2, 0.25) is 0 Å². The van der Waals surface area contributed by atoms with Crippen LogP contribution in [0.25, 0.3) is 0 Å². The number of fused-ring (bicyclic) bond motifs is 1.